The Morgan fingerprint density at radius 1 is 1.14 bits per heavy atom. The van der Waals surface area contributed by atoms with Crippen LogP contribution in [0.4, 0.5) is 0 Å². The van der Waals surface area contributed by atoms with Crippen LogP contribution < -0.4 is 5.32 Å². The molecule has 6 heteroatoms. The number of amides is 2. The fourth-order valence-corrected chi connectivity index (χ4v) is 4.78. The third-order valence-electron chi connectivity index (χ3n) is 5.79. The summed E-state index contributed by atoms with van der Waals surface area (Å²) < 4.78 is 2.13. The number of likely N-dealkylation sites (tertiary alicyclic amines) is 1. The number of carbonyl (C=O) groups excluding carboxylic acids is 2. The van der Waals surface area contributed by atoms with Crippen molar-refractivity contribution >= 4 is 34.1 Å². The maximum atomic E-state index is 13.0. The SMILES string of the molecule is CCC(C)NC(=O)C1CCN(C(=O)c2ccc(-n3ccc4ccccc43)s2)CC1. The summed E-state index contributed by atoms with van der Waals surface area (Å²) in [7, 11) is 0. The summed E-state index contributed by atoms with van der Waals surface area (Å²) in [6.45, 7) is 5.37. The zero-order chi connectivity index (χ0) is 20.4. The first kappa shape index (κ1) is 19.7. The second kappa shape index (κ2) is 8.41. The second-order valence-corrected chi connectivity index (χ2v) is 8.83. The zero-order valence-electron chi connectivity index (χ0n) is 16.9. The number of nitrogens with one attached hydrogen (secondary N) is 1. The molecule has 0 radical (unpaired) electrons. The van der Waals surface area contributed by atoms with Crippen molar-refractivity contribution in [3.63, 3.8) is 0 Å². The second-order valence-electron chi connectivity index (χ2n) is 7.77. The van der Waals surface area contributed by atoms with Gasteiger partial charge in [-0.2, -0.15) is 0 Å². The van der Waals surface area contributed by atoms with Crippen molar-refractivity contribution in [2.24, 2.45) is 5.92 Å². The van der Waals surface area contributed by atoms with Crippen LogP contribution >= 0.6 is 11.3 Å². The molecule has 1 aromatic carbocycles. The highest BCUT2D eigenvalue weighted by Crippen LogP contribution is 2.28. The molecular weight excluding hydrogens is 382 g/mol. The summed E-state index contributed by atoms with van der Waals surface area (Å²) in [4.78, 5) is 27.9. The largest absolute Gasteiger partial charge is 0.353 e. The maximum absolute atomic E-state index is 13.0. The van der Waals surface area contributed by atoms with E-state index in [1.54, 1.807) is 0 Å². The molecule has 2 aromatic heterocycles. The molecule has 4 rings (SSSR count). The summed E-state index contributed by atoms with van der Waals surface area (Å²) in [5.41, 5.74) is 1.14. The van der Waals surface area contributed by atoms with E-state index in [0.29, 0.717) is 13.1 Å². The van der Waals surface area contributed by atoms with Crippen molar-refractivity contribution in [2.45, 2.75) is 39.2 Å². The molecule has 1 saturated heterocycles. The van der Waals surface area contributed by atoms with Gasteiger partial charge >= 0.3 is 0 Å². The standard InChI is InChI=1S/C23H27N3O2S/c1-3-16(2)24-22(27)18-10-13-25(14-11-18)23(28)20-8-9-21(29-20)26-15-12-17-6-4-5-7-19(17)26/h4-9,12,15-16,18H,3,10-11,13-14H2,1-2H3,(H,24,27). The molecule has 0 aliphatic carbocycles. The molecule has 29 heavy (non-hydrogen) atoms. The van der Waals surface area contributed by atoms with Crippen LogP contribution in [0.1, 0.15) is 42.8 Å². The molecular formula is C23H27N3O2S. The Bertz CT molecular complexity index is 1010. The lowest BCUT2D eigenvalue weighted by Gasteiger charge is -2.31. The van der Waals surface area contributed by atoms with Gasteiger partial charge in [0.1, 0.15) is 5.00 Å². The van der Waals surface area contributed by atoms with E-state index in [4.69, 9.17) is 0 Å². The molecule has 1 atom stereocenters. The van der Waals surface area contributed by atoms with Crippen molar-refractivity contribution in [3.05, 3.63) is 53.5 Å². The average molecular weight is 410 g/mol. The van der Waals surface area contributed by atoms with E-state index in [-0.39, 0.29) is 23.8 Å². The van der Waals surface area contributed by atoms with E-state index >= 15 is 0 Å². The highest BCUT2D eigenvalue weighted by molar-refractivity contribution is 7.16. The van der Waals surface area contributed by atoms with Crippen molar-refractivity contribution in [3.8, 4) is 5.00 Å². The number of thiophene rings is 1. The van der Waals surface area contributed by atoms with Crippen molar-refractivity contribution in [2.75, 3.05) is 13.1 Å². The molecule has 152 valence electrons. The lowest BCUT2D eigenvalue weighted by molar-refractivity contribution is -0.126. The monoisotopic (exact) mass is 409 g/mol. The normalized spacial score (nSPS) is 16.1. The molecule has 3 aromatic rings. The number of hydrogen-bond donors (Lipinski definition) is 1. The van der Waals surface area contributed by atoms with Gasteiger partial charge < -0.3 is 14.8 Å². The van der Waals surface area contributed by atoms with Crippen LogP contribution in [-0.4, -0.2) is 40.4 Å². The Labute approximate surface area is 175 Å². The van der Waals surface area contributed by atoms with E-state index in [0.717, 1.165) is 34.7 Å². The molecule has 1 N–H and O–H groups in total. The van der Waals surface area contributed by atoms with E-state index < -0.39 is 0 Å². The van der Waals surface area contributed by atoms with Crippen LogP contribution in [0.15, 0.2) is 48.7 Å². The fourth-order valence-electron chi connectivity index (χ4n) is 3.81. The number of para-hydroxylation sites is 1. The summed E-state index contributed by atoms with van der Waals surface area (Å²) in [5, 5.41) is 5.29. The first-order chi connectivity index (χ1) is 14.1. The number of rotatable bonds is 5. The predicted octanol–water partition coefficient (Wildman–Crippen LogP) is 4.46. The smallest absolute Gasteiger partial charge is 0.263 e. The number of fused-ring (bicyclic) bond motifs is 1. The van der Waals surface area contributed by atoms with Gasteiger partial charge in [-0.15, -0.1) is 11.3 Å². The van der Waals surface area contributed by atoms with Gasteiger partial charge in [-0.25, -0.2) is 0 Å². The highest BCUT2D eigenvalue weighted by Gasteiger charge is 2.28. The van der Waals surface area contributed by atoms with Gasteiger partial charge in [-0.1, -0.05) is 25.1 Å². The van der Waals surface area contributed by atoms with Gasteiger partial charge in [0.15, 0.2) is 0 Å². The number of nitrogens with zero attached hydrogens (tertiary/aromatic N) is 2. The minimum atomic E-state index is 0.0122. The number of carbonyl (C=O) groups is 2. The van der Waals surface area contributed by atoms with Gasteiger partial charge in [-0.05, 0) is 55.8 Å². The van der Waals surface area contributed by atoms with Gasteiger partial charge in [0, 0.05) is 31.2 Å². The molecule has 3 heterocycles. The van der Waals surface area contributed by atoms with Crippen molar-refractivity contribution < 1.29 is 9.59 Å². The summed E-state index contributed by atoms with van der Waals surface area (Å²) in [5.74, 6) is 0.209. The van der Waals surface area contributed by atoms with E-state index in [1.165, 1.54) is 16.7 Å². The Morgan fingerprint density at radius 3 is 2.66 bits per heavy atom. The summed E-state index contributed by atoms with van der Waals surface area (Å²) >= 11 is 1.52. The molecule has 2 amide bonds. The quantitative estimate of drug-likeness (QED) is 0.676. The van der Waals surface area contributed by atoms with Crippen LogP contribution in [0.25, 0.3) is 15.9 Å². The van der Waals surface area contributed by atoms with Crippen LogP contribution in [0.5, 0.6) is 0 Å². The average Bonchev–Trinajstić information content (AvgIpc) is 3.40. The summed E-state index contributed by atoms with van der Waals surface area (Å²) in [6.07, 6.45) is 4.44. The van der Waals surface area contributed by atoms with Gasteiger partial charge in [0.25, 0.3) is 5.91 Å². The Morgan fingerprint density at radius 2 is 1.90 bits per heavy atom. The third kappa shape index (κ3) is 4.08. The zero-order valence-corrected chi connectivity index (χ0v) is 17.7. The first-order valence-corrected chi connectivity index (χ1v) is 11.1. The van der Waals surface area contributed by atoms with E-state index in [1.807, 2.05) is 42.3 Å². The molecule has 0 bridgehead atoms. The van der Waals surface area contributed by atoms with E-state index in [9.17, 15) is 9.59 Å². The molecule has 0 saturated carbocycles. The van der Waals surface area contributed by atoms with Gasteiger partial charge in [-0.3, -0.25) is 9.59 Å². The topological polar surface area (TPSA) is 54.3 Å². The highest BCUT2D eigenvalue weighted by atomic mass is 32.1. The van der Waals surface area contributed by atoms with Gasteiger partial charge in [0.2, 0.25) is 5.91 Å². The number of aromatic nitrogens is 1. The predicted molar refractivity (Wildman–Crippen MR) is 118 cm³/mol. The van der Waals surface area contributed by atoms with E-state index in [2.05, 4.69) is 35.0 Å². The number of hydrogen-bond acceptors (Lipinski definition) is 3. The molecule has 1 fully saturated rings. The first-order valence-electron chi connectivity index (χ1n) is 10.3. The van der Waals surface area contributed by atoms with Crippen molar-refractivity contribution in [1.82, 2.24) is 14.8 Å². The minimum Gasteiger partial charge on any atom is -0.353 e. The molecule has 5 nitrogen and oxygen atoms in total. The third-order valence-corrected chi connectivity index (χ3v) is 6.87. The van der Waals surface area contributed by atoms with Crippen LogP contribution in [0.2, 0.25) is 0 Å². The Hall–Kier alpha value is -2.60. The number of piperidine rings is 1. The Balaban J connectivity index is 1.41. The lowest BCUT2D eigenvalue weighted by Crippen LogP contribution is -2.44. The van der Waals surface area contributed by atoms with Crippen LogP contribution in [0.3, 0.4) is 0 Å². The van der Waals surface area contributed by atoms with Gasteiger partial charge in [0.05, 0.1) is 10.4 Å². The molecule has 0 spiro atoms. The molecule has 1 aliphatic rings. The molecule has 1 unspecified atom stereocenters. The van der Waals surface area contributed by atoms with Crippen LogP contribution in [-0.2, 0) is 4.79 Å². The van der Waals surface area contributed by atoms with Crippen LogP contribution in [0, 0.1) is 5.92 Å². The lowest BCUT2D eigenvalue weighted by atomic mass is 9.95. The fraction of sp³-hybridized carbons (Fsp3) is 0.391. The molecule has 1 aliphatic heterocycles. The minimum absolute atomic E-state index is 0.0122. The Kier molecular flexibility index (Phi) is 5.72. The number of benzene rings is 1. The van der Waals surface area contributed by atoms with Crippen molar-refractivity contribution in [1.29, 1.82) is 0 Å². The maximum Gasteiger partial charge on any atom is 0.263 e. The summed E-state index contributed by atoms with van der Waals surface area (Å²) in [6, 6.07) is 14.5.